The van der Waals surface area contributed by atoms with E-state index in [0.29, 0.717) is 17.9 Å². The summed E-state index contributed by atoms with van der Waals surface area (Å²) in [6.45, 7) is 13.4. The van der Waals surface area contributed by atoms with Gasteiger partial charge in [-0.15, -0.1) is 0 Å². The zero-order chi connectivity index (χ0) is 25.8. The summed E-state index contributed by atoms with van der Waals surface area (Å²) in [5, 5.41) is 5.67. The molecule has 36 heavy (non-hydrogen) atoms. The molecule has 2 aliphatic rings. The van der Waals surface area contributed by atoms with Crippen molar-refractivity contribution < 1.29 is 0 Å². The lowest BCUT2D eigenvalue weighted by Crippen LogP contribution is -2.36. The van der Waals surface area contributed by atoms with Crippen LogP contribution in [-0.4, -0.2) is 28.8 Å². The highest BCUT2D eigenvalue weighted by Crippen LogP contribution is 2.40. The maximum Gasteiger partial charge on any atom is 0.0895 e. The van der Waals surface area contributed by atoms with Crippen LogP contribution < -0.4 is 10.7 Å². The van der Waals surface area contributed by atoms with Gasteiger partial charge in [-0.1, -0.05) is 62.5 Å². The Balaban J connectivity index is 1.78. The van der Waals surface area contributed by atoms with Crippen molar-refractivity contribution in [3.63, 3.8) is 0 Å². The number of hydrazine groups is 1. The maximum atomic E-state index is 4.74. The smallest absolute Gasteiger partial charge is 0.0895 e. The summed E-state index contributed by atoms with van der Waals surface area (Å²) in [5.41, 5.74) is 9.39. The molecule has 0 radical (unpaired) electrons. The molecular formula is C31H43N5. The maximum absolute atomic E-state index is 4.74. The summed E-state index contributed by atoms with van der Waals surface area (Å²) >= 11 is 0. The quantitative estimate of drug-likeness (QED) is 0.219. The fourth-order valence-electron chi connectivity index (χ4n) is 4.16. The molecule has 1 fully saturated rings. The normalized spacial score (nSPS) is 19.6. The predicted octanol–water partition coefficient (Wildman–Crippen LogP) is 7.04. The van der Waals surface area contributed by atoms with E-state index >= 15 is 0 Å². The van der Waals surface area contributed by atoms with E-state index in [4.69, 9.17) is 4.99 Å². The molecule has 5 nitrogen and oxygen atoms in total. The van der Waals surface area contributed by atoms with Crippen LogP contribution in [0.5, 0.6) is 0 Å². The molecule has 1 aromatic heterocycles. The molecule has 0 bridgehead atoms. The molecule has 5 heteroatoms. The van der Waals surface area contributed by atoms with E-state index in [-0.39, 0.29) is 0 Å². The van der Waals surface area contributed by atoms with Crippen LogP contribution in [0.3, 0.4) is 0 Å². The third-order valence-electron chi connectivity index (χ3n) is 6.69. The van der Waals surface area contributed by atoms with Crippen molar-refractivity contribution in [1.29, 1.82) is 0 Å². The molecule has 0 amide bonds. The van der Waals surface area contributed by atoms with Gasteiger partial charge in [0, 0.05) is 48.7 Å². The van der Waals surface area contributed by atoms with Gasteiger partial charge in [0.1, 0.15) is 0 Å². The van der Waals surface area contributed by atoms with Gasteiger partial charge in [-0.2, -0.15) is 0 Å². The molecule has 0 spiro atoms. The molecule has 2 unspecified atom stereocenters. The minimum absolute atomic E-state index is 0.377. The monoisotopic (exact) mass is 485 g/mol. The van der Waals surface area contributed by atoms with Gasteiger partial charge in [0.05, 0.1) is 5.70 Å². The number of pyridine rings is 1. The largest absolute Gasteiger partial charge is 0.384 e. The van der Waals surface area contributed by atoms with Gasteiger partial charge in [0.15, 0.2) is 0 Å². The Morgan fingerprint density at radius 3 is 2.81 bits per heavy atom. The van der Waals surface area contributed by atoms with E-state index in [2.05, 4.69) is 104 Å². The lowest BCUT2D eigenvalue weighted by Gasteiger charge is -2.29. The van der Waals surface area contributed by atoms with Gasteiger partial charge < -0.3 is 5.32 Å². The number of hydrogen-bond donors (Lipinski definition) is 2. The first kappa shape index (κ1) is 27.4. The number of nitrogens with one attached hydrogen (secondary N) is 2. The lowest BCUT2D eigenvalue weighted by atomic mass is 10.0. The zero-order valence-electron chi connectivity index (χ0n) is 22.5. The molecule has 192 valence electrons. The lowest BCUT2D eigenvalue weighted by molar-refractivity contribution is 0.301. The first-order valence-corrected chi connectivity index (χ1v) is 13.3. The fourth-order valence-corrected chi connectivity index (χ4v) is 4.16. The van der Waals surface area contributed by atoms with Gasteiger partial charge in [-0.05, 0) is 75.6 Å². The van der Waals surface area contributed by atoms with Crippen molar-refractivity contribution in [3.05, 3.63) is 96.3 Å². The minimum Gasteiger partial charge on any atom is -0.384 e. The highest BCUT2D eigenvalue weighted by atomic mass is 15.5. The van der Waals surface area contributed by atoms with Gasteiger partial charge in [-0.3, -0.25) is 15.0 Å². The molecule has 1 heterocycles. The van der Waals surface area contributed by atoms with E-state index in [1.54, 1.807) is 12.3 Å². The molecule has 1 aromatic rings. The van der Waals surface area contributed by atoms with E-state index in [0.717, 1.165) is 37.1 Å². The van der Waals surface area contributed by atoms with Crippen molar-refractivity contribution in [2.24, 2.45) is 10.9 Å². The number of aliphatic imine (C=N–C) groups is 1. The SMILES string of the molecule is C=C/C=N\C(=C/N(NCC/C(C)=C/NC1C=CC=CC1)/C(=C\C)C(C)CC)c1cncc(C2CC2)c1. The van der Waals surface area contributed by atoms with Crippen LogP contribution in [0.25, 0.3) is 5.70 Å². The van der Waals surface area contributed by atoms with Crippen molar-refractivity contribution in [2.75, 3.05) is 6.54 Å². The van der Waals surface area contributed by atoms with Gasteiger partial charge in [0.2, 0.25) is 0 Å². The molecule has 0 aliphatic heterocycles. The second-order valence-electron chi connectivity index (χ2n) is 9.67. The molecule has 0 saturated heterocycles. The van der Waals surface area contributed by atoms with E-state index < -0.39 is 0 Å². The fraction of sp³-hybridized carbons (Fsp3) is 0.419. The standard InChI is InChI=1S/C31H43N5/c1-6-17-33-30(28-19-27(21-32-22-28)26-14-15-26)23-36(31(8-3)25(5)7-2)35-18-16-24(4)20-34-29-12-10-9-11-13-29/h6,8-12,17,19-23,25-26,29,34-35H,1,7,13-16,18H2,2-5H3/b24-20+,30-23-,31-8-,33-17-. The Kier molecular flexibility index (Phi) is 11.0. The Morgan fingerprint density at radius 2 is 2.14 bits per heavy atom. The summed E-state index contributed by atoms with van der Waals surface area (Å²) in [4.78, 5) is 9.26. The van der Waals surface area contributed by atoms with Crippen LogP contribution in [0, 0.1) is 5.92 Å². The van der Waals surface area contributed by atoms with E-state index in [9.17, 15) is 0 Å². The molecule has 3 rings (SSSR count). The van der Waals surface area contributed by atoms with E-state index in [1.807, 2.05) is 12.4 Å². The van der Waals surface area contributed by atoms with Crippen LogP contribution in [0.4, 0.5) is 0 Å². The predicted molar refractivity (Wildman–Crippen MR) is 154 cm³/mol. The molecule has 2 N–H and O–H groups in total. The zero-order valence-corrected chi connectivity index (χ0v) is 22.5. The van der Waals surface area contributed by atoms with Crippen molar-refractivity contribution in [3.8, 4) is 0 Å². The second-order valence-corrected chi connectivity index (χ2v) is 9.67. The van der Waals surface area contributed by atoms with Crippen molar-refractivity contribution in [2.45, 2.75) is 71.8 Å². The summed E-state index contributed by atoms with van der Waals surface area (Å²) in [5.74, 6) is 1.05. The molecule has 1 saturated carbocycles. The Morgan fingerprint density at radius 1 is 1.31 bits per heavy atom. The number of allylic oxidation sites excluding steroid dienone is 5. The average Bonchev–Trinajstić information content (AvgIpc) is 3.76. The first-order valence-electron chi connectivity index (χ1n) is 13.3. The number of rotatable bonds is 14. The Bertz CT molecular complexity index is 1040. The molecule has 2 atom stereocenters. The number of nitrogens with zero attached hydrogens (tertiary/aromatic N) is 3. The van der Waals surface area contributed by atoms with Gasteiger partial charge >= 0.3 is 0 Å². The Hall–Kier alpha value is -3.18. The summed E-state index contributed by atoms with van der Waals surface area (Å²) in [6, 6.07) is 2.61. The van der Waals surface area contributed by atoms with Crippen LogP contribution in [0.15, 0.2) is 90.2 Å². The topological polar surface area (TPSA) is 52.5 Å². The van der Waals surface area contributed by atoms with Crippen molar-refractivity contribution >= 4 is 11.9 Å². The Labute approximate surface area is 218 Å². The highest BCUT2D eigenvalue weighted by Gasteiger charge is 2.24. The van der Waals surface area contributed by atoms with Crippen molar-refractivity contribution in [1.82, 2.24) is 20.7 Å². The molecule has 0 aromatic carbocycles. The summed E-state index contributed by atoms with van der Waals surface area (Å²) < 4.78 is 0. The number of aromatic nitrogens is 1. The second kappa shape index (κ2) is 14.4. The third-order valence-corrected chi connectivity index (χ3v) is 6.69. The number of hydrogen-bond acceptors (Lipinski definition) is 5. The van der Waals surface area contributed by atoms with Crippen LogP contribution in [-0.2, 0) is 0 Å². The minimum atomic E-state index is 0.377. The van der Waals surface area contributed by atoms with Crippen LogP contribution >= 0.6 is 0 Å². The van der Waals surface area contributed by atoms with E-state index in [1.165, 1.54) is 29.7 Å². The summed E-state index contributed by atoms with van der Waals surface area (Å²) in [7, 11) is 0. The van der Waals surface area contributed by atoms with Gasteiger partial charge in [-0.25, -0.2) is 5.43 Å². The highest BCUT2D eigenvalue weighted by molar-refractivity contribution is 5.79. The van der Waals surface area contributed by atoms with Crippen LogP contribution in [0.2, 0.25) is 0 Å². The third kappa shape index (κ3) is 8.49. The first-order chi connectivity index (χ1) is 17.5. The summed E-state index contributed by atoms with van der Waals surface area (Å²) in [6.07, 6.45) is 27.9. The molecular weight excluding hydrogens is 442 g/mol. The van der Waals surface area contributed by atoms with Crippen LogP contribution in [0.1, 0.15) is 76.8 Å². The average molecular weight is 486 g/mol. The van der Waals surface area contributed by atoms with Gasteiger partial charge in [0.25, 0.3) is 0 Å². The molecule has 2 aliphatic carbocycles.